The fraction of sp³-hybridized carbons (Fsp3) is 0.318. The van der Waals surface area contributed by atoms with E-state index in [0.717, 1.165) is 16.3 Å². The van der Waals surface area contributed by atoms with Crippen LogP contribution in [-0.4, -0.2) is 42.7 Å². The number of amides is 2. The molecule has 0 atom stereocenters. The van der Waals surface area contributed by atoms with Crippen LogP contribution in [0.1, 0.15) is 20.3 Å². The standard InChI is InChI=1S/C22H24N2O4S/c1-16(2)24(17-8-4-3-5-9-17)20(25)14-28-22(27)12-13-23-18-10-6-7-11-19(18)29-15-21(23)26/h3-11,16H,12-15H2,1-2H3. The maximum absolute atomic E-state index is 12.6. The molecule has 0 radical (unpaired) electrons. The Hall–Kier alpha value is -2.80. The van der Waals surface area contributed by atoms with Gasteiger partial charge >= 0.3 is 5.97 Å². The van der Waals surface area contributed by atoms with Crippen LogP contribution in [0, 0.1) is 0 Å². The van der Waals surface area contributed by atoms with Gasteiger partial charge in [-0.25, -0.2) is 0 Å². The maximum Gasteiger partial charge on any atom is 0.308 e. The van der Waals surface area contributed by atoms with Gasteiger partial charge in [0, 0.05) is 23.2 Å². The number of benzene rings is 2. The highest BCUT2D eigenvalue weighted by Crippen LogP contribution is 2.34. The fourth-order valence-corrected chi connectivity index (χ4v) is 4.14. The first kappa shape index (κ1) is 20.9. The molecule has 1 aliphatic heterocycles. The van der Waals surface area contributed by atoms with E-state index in [-0.39, 0.29) is 37.4 Å². The number of para-hydroxylation sites is 2. The third-order valence-corrected chi connectivity index (χ3v) is 5.57. The molecule has 0 aliphatic carbocycles. The van der Waals surface area contributed by atoms with Crippen LogP contribution in [0.4, 0.5) is 11.4 Å². The van der Waals surface area contributed by atoms with Crippen LogP contribution in [0.15, 0.2) is 59.5 Å². The largest absolute Gasteiger partial charge is 0.455 e. The highest BCUT2D eigenvalue weighted by molar-refractivity contribution is 8.00. The number of anilines is 2. The Kier molecular flexibility index (Phi) is 6.93. The van der Waals surface area contributed by atoms with Crippen molar-refractivity contribution >= 4 is 40.9 Å². The zero-order valence-corrected chi connectivity index (χ0v) is 17.4. The topological polar surface area (TPSA) is 66.9 Å². The number of rotatable bonds is 7. The summed E-state index contributed by atoms with van der Waals surface area (Å²) in [5.74, 6) is -0.466. The Morgan fingerprint density at radius 1 is 1.10 bits per heavy atom. The molecule has 0 saturated carbocycles. The lowest BCUT2D eigenvalue weighted by Crippen LogP contribution is -2.40. The number of fused-ring (bicyclic) bond motifs is 1. The highest BCUT2D eigenvalue weighted by atomic mass is 32.2. The molecule has 7 heteroatoms. The normalized spacial score (nSPS) is 13.2. The minimum atomic E-state index is -0.501. The summed E-state index contributed by atoms with van der Waals surface area (Å²) >= 11 is 1.50. The summed E-state index contributed by atoms with van der Waals surface area (Å²) in [7, 11) is 0. The Morgan fingerprint density at radius 2 is 1.79 bits per heavy atom. The first-order chi connectivity index (χ1) is 14.0. The molecule has 0 unspecified atom stereocenters. The third kappa shape index (κ3) is 5.17. The van der Waals surface area contributed by atoms with Gasteiger partial charge in [-0.05, 0) is 38.1 Å². The van der Waals surface area contributed by atoms with Crippen molar-refractivity contribution in [3.8, 4) is 0 Å². The first-order valence-electron chi connectivity index (χ1n) is 9.52. The summed E-state index contributed by atoms with van der Waals surface area (Å²) in [5, 5.41) is 0. The Bertz CT molecular complexity index is 885. The van der Waals surface area contributed by atoms with Crippen LogP contribution in [0.3, 0.4) is 0 Å². The van der Waals surface area contributed by atoms with Gasteiger partial charge < -0.3 is 14.5 Å². The second-order valence-corrected chi connectivity index (χ2v) is 7.92. The summed E-state index contributed by atoms with van der Waals surface area (Å²) < 4.78 is 5.20. The number of carbonyl (C=O) groups is 3. The van der Waals surface area contributed by atoms with E-state index >= 15 is 0 Å². The summed E-state index contributed by atoms with van der Waals surface area (Å²) in [6.07, 6.45) is 0.0328. The van der Waals surface area contributed by atoms with Gasteiger partial charge in [0.1, 0.15) is 0 Å². The number of esters is 1. The van der Waals surface area contributed by atoms with E-state index in [4.69, 9.17) is 4.74 Å². The summed E-state index contributed by atoms with van der Waals surface area (Å²) in [4.78, 5) is 41.3. The van der Waals surface area contributed by atoms with Gasteiger partial charge in [0.25, 0.3) is 5.91 Å². The molecule has 0 spiro atoms. The van der Waals surface area contributed by atoms with E-state index < -0.39 is 5.97 Å². The zero-order valence-electron chi connectivity index (χ0n) is 16.5. The minimum absolute atomic E-state index is 0.0328. The molecule has 0 N–H and O–H groups in total. The highest BCUT2D eigenvalue weighted by Gasteiger charge is 2.25. The lowest BCUT2D eigenvalue weighted by Gasteiger charge is -2.28. The molecule has 2 aromatic rings. The molecule has 6 nitrogen and oxygen atoms in total. The predicted molar refractivity (Wildman–Crippen MR) is 114 cm³/mol. The van der Waals surface area contributed by atoms with Crippen LogP contribution in [-0.2, 0) is 19.1 Å². The van der Waals surface area contributed by atoms with Gasteiger partial charge in [-0.1, -0.05) is 30.3 Å². The molecule has 0 aromatic heterocycles. The average molecular weight is 413 g/mol. The molecular weight excluding hydrogens is 388 g/mol. The van der Waals surface area contributed by atoms with Gasteiger partial charge in [-0.3, -0.25) is 14.4 Å². The molecule has 152 valence electrons. The quantitative estimate of drug-likeness (QED) is 0.651. The van der Waals surface area contributed by atoms with Crippen LogP contribution in [0.5, 0.6) is 0 Å². The number of hydrogen-bond donors (Lipinski definition) is 0. The molecule has 29 heavy (non-hydrogen) atoms. The van der Waals surface area contributed by atoms with E-state index in [9.17, 15) is 14.4 Å². The van der Waals surface area contributed by atoms with Crippen molar-refractivity contribution in [2.75, 3.05) is 28.7 Å². The van der Waals surface area contributed by atoms with Crippen LogP contribution in [0.25, 0.3) is 0 Å². The van der Waals surface area contributed by atoms with Gasteiger partial charge in [0.15, 0.2) is 6.61 Å². The second kappa shape index (κ2) is 9.60. The average Bonchev–Trinajstić information content (AvgIpc) is 2.72. The van der Waals surface area contributed by atoms with Crippen molar-refractivity contribution in [1.29, 1.82) is 0 Å². The number of carbonyl (C=O) groups excluding carboxylic acids is 3. The Morgan fingerprint density at radius 3 is 2.52 bits per heavy atom. The molecule has 2 aromatic carbocycles. The second-order valence-electron chi connectivity index (χ2n) is 6.91. The summed E-state index contributed by atoms with van der Waals surface area (Å²) in [6, 6.07) is 16.8. The van der Waals surface area contributed by atoms with Crippen molar-refractivity contribution in [1.82, 2.24) is 0 Å². The van der Waals surface area contributed by atoms with Crippen molar-refractivity contribution in [3.05, 3.63) is 54.6 Å². The third-order valence-electron chi connectivity index (χ3n) is 4.52. The van der Waals surface area contributed by atoms with Crippen molar-refractivity contribution in [2.45, 2.75) is 31.2 Å². The van der Waals surface area contributed by atoms with Gasteiger partial charge in [0.2, 0.25) is 5.91 Å². The molecule has 2 amide bonds. The van der Waals surface area contributed by atoms with Gasteiger partial charge in [-0.15, -0.1) is 11.8 Å². The lowest BCUT2D eigenvalue weighted by molar-refractivity contribution is -0.147. The van der Waals surface area contributed by atoms with Crippen molar-refractivity contribution < 1.29 is 19.1 Å². The number of ether oxygens (including phenoxy) is 1. The molecule has 0 bridgehead atoms. The van der Waals surface area contributed by atoms with E-state index in [1.807, 2.05) is 68.4 Å². The van der Waals surface area contributed by atoms with Crippen LogP contribution in [0.2, 0.25) is 0 Å². The summed E-state index contributed by atoms with van der Waals surface area (Å²) in [5.41, 5.74) is 1.57. The molecule has 1 aliphatic rings. The van der Waals surface area contributed by atoms with Crippen LogP contribution >= 0.6 is 11.8 Å². The number of nitrogens with zero attached hydrogens (tertiary/aromatic N) is 2. The Balaban J connectivity index is 1.55. The Labute approximate surface area is 174 Å². The van der Waals surface area contributed by atoms with Crippen LogP contribution < -0.4 is 9.80 Å². The zero-order chi connectivity index (χ0) is 20.8. The lowest BCUT2D eigenvalue weighted by atomic mass is 10.2. The number of hydrogen-bond acceptors (Lipinski definition) is 5. The van der Waals surface area contributed by atoms with E-state index in [0.29, 0.717) is 5.75 Å². The minimum Gasteiger partial charge on any atom is -0.455 e. The van der Waals surface area contributed by atoms with Crippen molar-refractivity contribution in [3.63, 3.8) is 0 Å². The fourth-order valence-electron chi connectivity index (χ4n) is 3.20. The van der Waals surface area contributed by atoms with Gasteiger partial charge in [-0.2, -0.15) is 0 Å². The molecule has 3 rings (SSSR count). The molecular formula is C22H24N2O4S. The monoisotopic (exact) mass is 412 g/mol. The predicted octanol–water partition coefficient (Wildman–Crippen LogP) is 3.50. The molecule has 0 saturated heterocycles. The smallest absolute Gasteiger partial charge is 0.308 e. The van der Waals surface area contributed by atoms with Crippen molar-refractivity contribution in [2.24, 2.45) is 0 Å². The van der Waals surface area contributed by atoms with E-state index in [1.54, 1.807) is 9.80 Å². The molecule has 1 heterocycles. The maximum atomic E-state index is 12.6. The van der Waals surface area contributed by atoms with E-state index in [1.165, 1.54) is 11.8 Å². The SMILES string of the molecule is CC(C)N(C(=O)COC(=O)CCN1C(=O)CSc2ccccc21)c1ccccc1. The first-order valence-corrected chi connectivity index (χ1v) is 10.5. The van der Waals surface area contributed by atoms with Gasteiger partial charge in [0.05, 0.1) is 17.9 Å². The number of thioether (sulfide) groups is 1. The summed E-state index contributed by atoms with van der Waals surface area (Å²) in [6.45, 7) is 3.72. The van der Waals surface area contributed by atoms with E-state index in [2.05, 4.69) is 0 Å². The molecule has 0 fully saturated rings.